The summed E-state index contributed by atoms with van der Waals surface area (Å²) in [6, 6.07) is 25.3. The number of aliphatic hydroxyl groups excluding tert-OH is 1. The van der Waals surface area contributed by atoms with Crippen LogP contribution < -0.4 is 10.1 Å². The van der Waals surface area contributed by atoms with Gasteiger partial charge in [0.05, 0.1) is 6.04 Å². The highest BCUT2D eigenvalue weighted by molar-refractivity contribution is 6.23. The van der Waals surface area contributed by atoms with Gasteiger partial charge in [0.2, 0.25) is 5.78 Å². The number of hydrogen-bond acceptors (Lipinski definition) is 7. The zero-order valence-electron chi connectivity index (χ0n) is 23.5. The minimum atomic E-state index is -1.11. The van der Waals surface area contributed by atoms with Gasteiger partial charge >= 0.3 is 12.1 Å². The Labute approximate surface area is 239 Å². The summed E-state index contributed by atoms with van der Waals surface area (Å²) < 4.78 is 16.5. The maximum Gasteiger partial charge on any atom is 0.408 e. The van der Waals surface area contributed by atoms with Gasteiger partial charge in [0.15, 0.2) is 6.10 Å². The van der Waals surface area contributed by atoms with E-state index >= 15 is 0 Å². The number of carbonyl (C=O) groups excluding carboxylic acids is 3. The molecule has 1 amide bonds. The predicted molar refractivity (Wildman–Crippen MR) is 153 cm³/mol. The minimum Gasteiger partial charge on any atom is -0.509 e. The van der Waals surface area contributed by atoms with Crippen LogP contribution in [0.3, 0.4) is 0 Å². The van der Waals surface area contributed by atoms with Crippen molar-refractivity contribution in [3.63, 3.8) is 0 Å². The molecule has 8 heteroatoms. The highest BCUT2D eigenvalue weighted by Gasteiger charge is 2.42. The molecule has 3 aromatic carbocycles. The van der Waals surface area contributed by atoms with E-state index in [-0.39, 0.29) is 12.8 Å². The van der Waals surface area contributed by atoms with E-state index < -0.39 is 46.9 Å². The van der Waals surface area contributed by atoms with Gasteiger partial charge in [0.1, 0.15) is 29.3 Å². The van der Waals surface area contributed by atoms with Crippen LogP contribution in [0.2, 0.25) is 0 Å². The number of nitrogens with one attached hydrogen (secondary N) is 1. The van der Waals surface area contributed by atoms with Gasteiger partial charge in [0, 0.05) is 6.42 Å². The first-order valence-corrected chi connectivity index (χ1v) is 13.6. The zero-order chi connectivity index (χ0) is 29.4. The summed E-state index contributed by atoms with van der Waals surface area (Å²) in [5.74, 6) is -1.43. The number of rotatable bonds is 10. The van der Waals surface area contributed by atoms with Crippen molar-refractivity contribution in [1.82, 2.24) is 5.32 Å². The van der Waals surface area contributed by atoms with E-state index in [0.29, 0.717) is 18.8 Å². The second-order valence-electron chi connectivity index (χ2n) is 10.9. The number of ether oxygens (including phenoxy) is 3. The molecule has 3 aromatic rings. The molecule has 1 heterocycles. The first-order chi connectivity index (χ1) is 19.6. The number of Topliss-reactive ketones (excluding diaryl/α,β-unsaturated/α-hetero) is 1. The standard InChI is InChI=1S/C33H35NO7/c1-33(2,3)41-32(38)34-26(20-23-14-17-25(18-15-23)39-21-24-12-8-5-9-13-24)29(35)28-30(36)27(40-31(28)37)19-16-22-10-6-4-7-11-22/h4-15,17-18,26-27,35H,16,19-21H2,1-3H3,(H,34,38)/t26-,27?/m1/s1. The number of benzene rings is 3. The van der Waals surface area contributed by atoms with Gasteiger partial charge in [-0.1, -0.05) is 72.8 Å². The zero-order valence-corrected chi connectivity index (χ0v) is 23.5. The molecule has 1 aliphatic heterocycles. The second-order valence-corrected chi connectivity index (χ2v) is 10.9. The summed E-state index contributed by atoms with van der Waals surface area (Å²) in [6.45, 7) is 5.54. The summed E-state index contributed by atoms with van der Waals surface area (Å²) in [6.07, 6.45) is -0.917. The lowest BCUT2D eigenvalue weighted by atomic mass is 9.97. The Hall–Kier alpha value is -4.59. The number of alkyl carbamates (subject to hydrolysis) is 1. The molecule has 0 spiro atoms. The summed E-state index contributed by atoms with van der Waals surface area (Å²) >= 11 is 0. The predicted octanol–water partition coefficient (Wildman–Crippen LogP) is 5.64. The van der Waals surface area contributed by atoms with Gasteiger partial charge in [-0.05, 0) is 62.4 Å². The lowest BCUT2D eigenvalue weighted by molar-refractivity contribution is -0.141. The quantitative estimate of drug-likeness (QED) is 0.144. The van der Waals surface area contributed by atoms with Crippen molar-refractivity contribution >= 4 is 17.8 Å². The van der Waals surface area contributed by atoms with E-state index in [1.807, 2.05) is 60.7 Å². The Morgan fingerprint density at radius 3 is 2.12 bits per heavy atom. The lowest BCUT2D eigenvalue weighted by Crippen LogP contribution is -2.42. The van der Waals surface area contributed by atoms with Gasteiger partial charge in [0.25, 0.3) is 0 Å². The summed E-state index contributed by atoms with van der Waals surface area (Å²) in [5.41, 5.74) is 1.51. The number of ketones is 1. The van der Waals surface area contributed by atoms with E-state index in [1.165, 1.54) is 0 Å². The van der Waals surface area contributed by atoms with Crippen LogP contribution in [0.4, 0.5) is 4.79 Å². The summed E-state index contributed by atoms with van der Waals surface area (Å²) in [4.78, 5) is 38.5. The van der Waals surface area contributed by atoms with Crippen molar-refractivity contribution in [2.45, 2.75) is 64.4 Å². The summed E-state index contributed by atoms with van der Waals surface area (Å²) in [7, 11) is 0. The van der Waals surface area contributed by atoms with Crippen LogP contribution in [0.15, 0.2) is 96.3 Å². The largest absolute Gasteiger partial charge is 0.509 e. The van der Waals surface area contributed by atoms with Crippen LogP contribution in [0.1, 0.15) is 43.9 Å². The smallest absolute Gasteiger partial charge is 0.408 e. The topological polar surface area (TPSA) is 111 Å². The Morgan fingerprint density at radius 2 is 1.51 bits per heavy atom. The number of aryl methyl sites for hydroxylation is 1. The molecule has 1 aliphatic rings. The Bertz CT molecular complexity index is 1380. The molecule has 0 aromatic heterocycles. The number of cyclic esters (lactones) is 1. The molecular formula is C33H35NO7. The molecule has 8 nitrogen and oxygen atoms in total. The normalized spacial score (nSPS) is 17.0. The van der Waals surface area contributed by atoms with Crippen LogP contribution in [-0.4, -0.2) is 40.7 Å². The fourth-order valence-electron chi connectivity index (χ4n) is 4.40. The van der Waals surface area contributed by atoms with Crippen LogP contribution >= 0.6 is 0 Å². The van der Waals surface area contributed by atoms with Crippen molar-refractivity contribution in [2.24, 2.45) is 0 Å². The molecule has 2 atom stereocenters. The molecule has 1 unspecified atom stereocenters. The number of esters is 1. The van der Waals surface area contributed by atoms with Gasteiger partial charge in [-0.25, -0.2) is 9.59 Å². The maximum atomic E-state index is 13.2. The molecule has 1 saturated heterocycles. The van der Waals surface area contributed by atoms with Crippen molar-refractivity contribution in [2.75, 3.05) is 0 Å². The molecule has 214 valence electrons. The van der Waals surface area contributed by atoms with E-state index in [2.05, 4.69) is 5.32 Å². The monoisotopic (exact) mass is 557 g/mol. The Morgan fingerprint density at radius 1 is 0.902 bits per heavy atom. The maximum absolute atomic E-state index is 13.2. The van der Waals surface area contributed by atoms with Gasteiger partial charge in [-0.3, -0.25) is 4.79 Å². The first kappa shape index (κ1) is 29.4. The molecule has 0 radical (unpaired) electrons. The van der Waals surface area contributed by atoms with E-state index in [1.54, 1.807) is 45.0 Å². The number of aliphatic hydroxyl groups is 1. The third kappa shape index (κ3) is 8.45. The van der Waals surface area contributed by atoms with Crippen LogP contribution in [0.25, 0.3) is 0 Å². The lowest BCUT2D eigenvalue weighted by Gasteiger charge is -2.24. The molecule has 4 rings (SSSR count). The van der Waals surface area contributed by atoms with Crippen LogP contribution in [0, 0.1) is 0 Å². The molecule has 41 heavy (non-hydrogen) atoms. The first-order valence-electron chi connectivity index (χ1n) is 13.6. The van der Waals surface area contributed by atoms with Crippen molar-refractivity contribution in [1.29, 1.82) is 0 Å². The Balaban J connectivity index is 1.50. The summed E-state index contributed by atoms with van der Waals surface area (Å²) in [5, 5.41) is 13.8. The Kier molecular flexibility index (Phi) is 9.45. The average molecular weight is 558 g/mol. The number of carbonyl (C=O) groups is 3. The van der Waals surface area contributed by atoms with E-state index in [0.717, 1.165) is 16.7 Å². The van der Waals surface area contributed by atoms with Crippen LogP contribution in [0.5, 0.6) is 5.75 Å². The van der Waals surface area contributed by atoms with Crippen molar-refractivity contribution in [3.05, 3.63) is 113 Å². The molecule has 2 N–H and O–H groups in total. The van der Waals surface area contributed by atoms with Crippen molar-refractivity contribution in [3.8, 4) is 5.75 Å². The fourth-order valence-corrected chi connectivity index (χ4v) is 4.40. The molecule has 0 saturated carbocycles. The minimum absolute atomic E-state index is 0.0861. The molecule has 1 fully saturated rings. The third-order valence-electron chi connectivity index (χ3n) is 6.42. The number of hydrogen-bond donors (Lipinski definition) is 2. The molecule has 0 aliphatic carbocycles. The van der Waals surface area contributed by atoms with E-state index in [9.17, 15) is 19.5 Å². The molecule has 0 bridgehead atoms. The van der Waals surface area contributed by atoms with Gasteiger partial charge < -0.3 is 24.6 Å². The van der Waals surface area contributed by atoms with Gasteiger partial charge in [-0.15, -0.1) is 0 Å². The SMILES string of the molecule is CC(C)(C)OC(=O)N[C@H](Cc1ccc(OCc2ccccc2)cc1)C(O)=C1C(=O)OC(CCc2ccccc2)C1=O. The highest BCUT2D eigenvalue weighted by atomic mass is 16.6. The fraction of sp³-hybridized carbons (Fsp3) is 0.303. The molecular weight excluding hydrogens is 522 g/mol. The number of amides is 1. The average Bonchev–Trinajstić information content (AvgIpc) is 3.23. The van der Waals surface area contributed by atoms with Crippen LogP contribution in [-0.2, 0) is 38.5 Å². The van der Waals surface area contributed by atoms with Gasteiger partial charge in [-0.2, -0.15) is 0 Å². The highest BCUT2D eigenvalue weighted by Crippen LogP contribution is 2.26. The second kappa shape index (κ2) is 13.2. The van der Waals surface area contributed by atoms with E-state index in [4.69, 9.17) is 14.2 Å². The third-order valence-corrected chi connectivity index (χ3v) is 6.42. The van der Waals surface area contributed by atoms with Crippen molar-refractivity contribution < 1.29 is 33.7 Å².